The Labute approximate surface area is 183 Å². The molecule has 0 saturated carbocycles. The van der Waals surface area contributed by atoms with Gasteiger partial charge in [-0.25, -0.2) is 0 Å². The number of hydrogen-bond donors (Lipinski definition) is 0. The average molecular weight is 401 g/mol. The number of aromatic nitrogens is 1. The second kappa shape index (κ2) is 11.5. The summed E-state index contributed by atoms with van der Waals surface area (Å²) < 4.78 is 0. The molecule has 0 fully saturated rings. The van der Waals surface area contributed by atoms with Crippen LogP contribution in [0.3, 0.4) is 0 Å². The third kappa shape index (κ3) is 6.19. The van der Waals surface area contributed by atoms with Gasteiger partial charge in [0.2, 0.25) is 0 Å². The maximum absolute atomic E-state index is 4.54. The van der Waals surface area contributed by atoms with E-state index < -0.39 is 0 Å². The molecule has 158 valence electrons. The Balaban J connectivity index is 1.85. The maximum atomic E-state index is 4.54. The molecule has 0 saturated heterocycles. The molecule has 0 aliphatic carbocycles. The van der Waals surface area contributed by atoms with Gasteiger partial charge in [0, 0.05) is 17.1 Å². The van der Waals surface area contributed by atoms with Crippen molar-refractivity contribution in [1.29, 1.82) is 0 Å². The SMILES string of the molecule is CCCCCc1ccc(N(c2ccc(CCCCC)cc2)c2ccc(C)nc2)cc1. The first-order valence-electron chi connectivity index (χ1n) is 11.6. The third-order valence-electron chi connectivity index (χ3n) is 5.68. The van der Waals surface area contributed by atoms with E-state index in [-0.39, 0.29) is 0 Å². The lowest BCUT2D eigenvalue weighted by Gasteiger charge is -2.25. The maximum Gasteiger partial charge on any atom is 0.0645 e. The van der Waals surface area contributed by atoms with Crippen molar-refractivity contribution in [1.82, 2.24) is 4.98 Å². The predicted molar refractivity (Wildman–Crippen MR) is 130 cm³/mol. The summed E-state index contributed by atoms with van der Waals surface area (Å²) in [6.45, 7) is 6.54. The summed E-state index contributed by atoms with van der Waals surface area (Å²) in [6, 6.07) is 22.3. The first-order valence-corrected chi connectivity index (χ1v) is 11.6. The zero-order chi connectivity index (χ0) is 21.2. The Kier molecular flexibility index (Phi) is 8.50. The molecule has 0 N–H and O–H groups in total. The fourth-order valence-corrected chi connectivity index (χ4v) is 3.82. The highest BCUT2D eigenvalue weighted by Crippen LogP contribution is 2.34. The molecule has 2 heteroatoms. The van der Waals surface area contributed by atoms with Gasteiger partial charge in [0.25, 0.3) is 0 Å². The van der Waals surface area contributed by atoms with E-state index in [4.69, 9.17) is 0 Å². The summed E-state index contributed by atoms with van der Waals surface area (Å²) in [4.78, 5) is 6.85. The van der Waals surface area contributed by atoms with Gasteiger partial charge in [0.05, 0.1) is 11.9 Å². The van der Waals surface area contributed by atoms with Crippen molar-refractivity contribution in [2.45, 2.75) is 72.1 Å². The first kappa shape index (κ1) is 22.1. The molecule has 0 unspecified atom stereocenters. The van der Waals surface area contributed by atoms with Crippen LogP contribution < -0.4 is 4.90 Å². The van der Waals surface area contributed by atoms with Crippen LogP contribution in [0.2, 0.25) is 0 Å². The molecule has 0 spiro atoms. The van der Waals surface area contributed by atoms with Crippen molar-refractivity contribution < 1.29 is 0 Å². The Morgan fingerprint density at radius 3 is 1.47 bits per heavy atom. The van der Waals surface area contributed by atoms with Crippen molar-refractivity contribution in [3.8, 4) is 0 Å². The van der Waals surface area contributed by atoms with Crippen molar-refractivity contribution in [2.75, 3.05) is 4.90 Å². The third-order valence-corrected chi connectivity index (χ3v) is 5.68. The van der Waals surface area contributed by atoms with E-state index in [1.165, 1.54) is 61.0 Å². The van der Waals surface area contributed by atoms with Crippen molar-refractivity contribution in [3.63, 3.8) is 0 Å². The van der Waals surface area contributed by atoms with Crippen molar-refractivity contribution in [2.24, 2.45) is 0 Å². The Morgan fingerprint density at radius 2 is 1.07 bits per heavy atom. The molecular formula is C28H36N2. The second-order valence-corrected chi connectivity index (χ2v) is 8.24. The average Bonchev–Trinajstić information content (AvgIpc) is 2.78. The van der Waals surface area contributed by atoms with Gasteiger partial charge in [-0.1, -0.05) is 63.8 Å². The summed E-state index contributed by atoms with van der Waals surface area (Å²) in [5.74, 6) is 0. The van der Waals surface area contributed by atoms with Gasteiger partial charge in [-0.3, -0.25) is 4.98 Å². The zero-order valence-electron chi connectivity index (χ0n) is 18.9. The number of rotatable bonds is 11. The molecule has 3 aromatic rings. The van der Waals surface area contributed by atoms with Crippen LogP contribution in [-0.4, -0.2) is 4.98 Å². The summed E-state index contributed by atoms with van der Waals surface area (Å²) in [7, 11) is 0. The molecule has 0 aliphatic rings. The topological polar surface area (TPSA) is 16.1 Å². The molecule has 2 nitrogen and oxygen atoms in total. The molecule has 1 aromatic heterocycles. The molecule has 3 rings (SSSR count). The highest BCUT2D eigenvalue weighted by Gasteiger charge is 2.13. The first-order chi connectivity index (χ1) is 14.7. The summed E-state index contributed by atoms with van der Waals surface area (Å²) in [5.41, 5.74) is 7.33. The van der Waals surface area contributed by atoms with E-state index in [1.54, 1.807) is 0 Å². The molecule has 1 heterocycles. The lowest BCUT2D eigenvalue weighted by Crippen LogP contribution is -2.10. The Bertz CT molecular complexity index is 811. The van der Waals surface area contributed by atoms with Crippen LogP contribution in [0, 0.1) is 6.92 Å². The van der Waals surface area contributed by atoms with E-state index in [1.807, 2.05) is 13.1 Å². The molecule has 30 heavy (non-hydrogen) atoms. The normalized spacial score (nSPS) is 10.9. The number of unbranched alkanes of at least 4 members (excludes halogenated alkanes) is 4. The number of pyridine rings is 1. The summed E-state index contributed by atoms with van der Waals surface area (Å²) >= 11 is 0. The quantitative estimate of drug-likeness (QED) is 0.301. The number of nitrogens with zero attached hydrogens (tertiary/aromatic N) is 2. The molecular weight excluding hydrogens is 364 g/mol. The van der Waals surface area contributed by atoms with Crippen LogP contribution in [0.1, 0.15) is 69.2 Å². The van der Waals surface area contributed by atoms with Gasteiger partial charge < -0.3 is 4.90 Å². The van der Waals surface area contributed by atoms with Crippen LogP contribution in [0.4, 0.5) is 17.1 Å². The van der Waals surface area contributed by atoms with Crippen molar-refractivity contribution in [3.05, 3.63) is 83.7 Å². The van der Waals surface area contributed by atoms with E-state index in [0.717, 1.165) is 24.2 Å². The van der Waals surface area contributed by atoms with Crippen LogP contribution in [0.5, 0.6) is 0 Å². The fraction of sp³-hybridized carbons (Fsp3) is 0.393. The summed E-state index contributed by atoms with van der Waals surface area (Å²) in [6.07, 6.45) is 11.9. The van der Waals surface area contributed by atoms with E-state index in [2.05, 4.69) is 84.4 Å². The van der Waals surface area contributed by atoms with E-state index in [0.29, 0.717) is 0 Å². The van der Waals surface area contributed by atoms with Gasteiger partial charge in [-0.2, -0.15) is 0 Å². The van der Waals surface area contributed by atoms with Gasteiger partial charge in [-0.15, -0.1) is 0 Å². The monoisotopic (exact) mass is 400 g/mol. The molecule has 0 aliphatic heterocycles. The minimum Gasteiger partial charge on any atom is -0.309 e. The molecule has 0 radical (unpaired) electrons. The molecule has 0 amide bonds. The van der Waals surface area contributed by atoms with E-state index in [9.17, 15) is 0 Å². The lowest BCUT2D eigenvalue weighted by molar-refractivity contribution is 0.717. The smallest absolute Gasteiger partial charge is 0.0645 e. The largest absolute Gasteiger partial charge is 0.309 e. The molecule has 0 bridgehead atoms. The van der Waals surface area contributed by atoms with E-state index >= 15 is 0 Å². The van der Waals surface area contributed by atoms with Gasteiger partial charge in [0.15, 0.2) is 0 Å². The zero-order valence-corrected chi connectivity index (χ0v) is 18.9. The van der Waals surface area contributed by atoms with Crippen molar-refractivity contribution >= 4 is 17.1 Å². The number of hydrogen-bond acceptors (Lipinski definition) is 2. The van der Waals surface area contributed by atoms with Crippen LogP contribution in [0.25, 0.3) is 0 Å². The number of anilines is 3. The highest BCUT2D eigenvalue weighted by atomic mass is 15.1. The van der Waals surface area contributed by atoms with Crippen LogP contribution in [0.15, 0.2) is 66.9 Å². The van der Waals surface area contributed by atoms with Crippen LogP contribution >= 0.6 is 0 Å². The standard InChI is InChI=1S/C28H36N2/c1-4-6-8-10-24-13-18-26(19-14-24)30(28-17-12-23(3)29-22-28)27-20-15-25(16-21-27)11-9-7-5-2/h12-22H,4-11H2,1-3H3. The number of aryl methyl sites for hydroxylation is 3. The second-order valence-electron chi connectivity index (χ2n) is 8.24. The van der Waals surface area contributed by atoms with Crippen LogP contribution in [-0.2, 0) is 12.8 Å². The molecule has 2 aromatic carbocycles. The number of benzene rings is 2. The minimum absolute atomic E-state index is 1.04. The fourth-order valence-electron chi connectivity index (χ4n) is 3.82. The summed E-state index contributed by atoms with van der Waals surface area (Å²) in [5, 5.41) is 0. The van der Waals surface area contributed by atoms with Gasteiger partial charge in [0.1, 0.15) is 0 Å². The Morgan fingerprint density at radius 1 is 0.600 bits per heavy atom. The highest BCUT2D eigenvalue weighted by molar-refractivity contribution is 5.76. The van der Waals surface area contributed by atoms with Gasteiger partial charge >= 0.3 is 0 Å². The minimum atomic E-state index is 1.04. The van der Waals surface area contributed by atoms with Gasteiger partial charge in [-0.05, 0) is 80.1 Å². The molecule has 0 atom stereocenters. The lowest BCUT2D eigenvalue weighted by atomic mass is 10.1. The Hall–Kier alpha value is -2.61. The predicted octanol–water partition coefficient (Wildman–Crippen LogP) is 8.33.